The molecule has 0 spiro atoms. The minimum atomic E-state index is 0.211. The second-order valence-electron chi connectivity index (χ2n) is 4.51. The first-order valence-electron chi connectivity index (χ1n) is 6.29. The molecule has 1 saturated heterocycles. The molecule has 1 heterocycles. The lowest BCUT2D eigenvalue weighted by molar-refractivity contribution is -0.132. The van der Waals surface area contributed by atoms with Crippen LogP contribution in [0.3, 0.4) is 0 Å². The predicted molar refractivity (Wildman–Crippen MR) is 64.1 cm³/mol. The maximum atomic E-state index is 11.7. The molecule has 0 radical (unpaired) electrons. The first kappa shape index (κ1) is 13.5. The summed E-state index contributed by atoms with van der Waals surface area (Å²) in [6.45, 7) is 2.25. The van der Waals surface area contributed by atoms with Gasteiger partial charge in [0.15, 0.2) is 0 Å². The van der Waals surface area contributed by atoms with Gasteiger partial charge in [0.1, 0.15) is 0 Å². The number of unbranched alkanes of at least 4 members (excludes halogenated alkanes) is 1. The fourth-order valence-corrected chi connectivity index (χ4v) is 1.97. The Morgan fingerprint density at radius 1 is 1.44 bits per heavy atom. The number of likely N-dealkylation sites (N-methyl/N-ethyl adjacent to an activating group) is 1. The Balaban J connectivity index is 2.16. The zero-order chi connectivity index (χ0) is 11.8. The molecule has 0 aromatic carbocycles. The van der Waals surface area contributed by atoms with E-state index in [4.69, 9.17) is 10.5 Å². The summed E-state index contributed by atoms with van der Waals surface area (Å²) >= 11 is 0. The standard InChI is InChI=1S/C12H24N2O2/c1-14(12(15)7-2-4-8-13)10-11-6-3-5-9-16-11/h11H,2-10,13H2,1H3. The van der Waals surface area contributed by atoms with Crippen LogP contribution in [0.4, 0.5) is 0 Å². The molecule has 0 bridgehead atoms. The van der Waals surface area contributed by atoms with Crippen molar-refractivity contribution in [1.82, 2.24) is 4.90 Å². The van der Waals surface area contributed by atoms with Crippen LogP contribution >= 0.6 is 0 Å². The molecule has 1 aliphatic rings. The average molecular weight is 228 g/mol. The summed E-state index contributed by atoms with van der Waals surface area (Å²) in [6.07, 6.45) is 6.15. The van der Waals surface area contributed by atoms with Crippen molar-refractivity contribution < 1.29 is 9.53 Å². The van der Waals surface area contributed by atoms with Crippen molar-refractivity contribution in [3.63, 3.8) is 0 Å². The number of nitrogens with two attached hydrogens (primary N) is 1. The number of amides is 1. The molecule has 1 amide bonds. The molecule has 4 nitrogen and oxygen atoms in total. The SMILES string of the molecule is CN(CC1CCCCO1)C(=O)CCCCN. The first-order chi connectivity index (χ1) is 7.74. The van der Waals surface area contributed by atoms with E-state index in [2.05, 4.69) is 0 Å². The number of ether oxygens (including phenoxy) is 1. The van der Waals surface area contributed by atoms with Crippen molar-refractivity contribution in [2.24, 2.45) is 5.73 Å². The Labute approximate surface area is 98.1 Å². The van der Waals surface area contributed by atoms with Crippen LogP contribution < -0.4 is 5.73 Å². The van der Waals surface area contributed by atoms with Gasteiger partial charge in [0.2, 0.25) is 5.91 Å². The average Bonchev–Trinajstić information content (AvgIpc) is 2.30. The number of hydrogen-bond acceptors (Lipinski definition) is 3. The van der Waals surface area contributed by atoms with Gasteiger partial charge in [-0.3, -0.25) is 4.79 Å². The highest BCUT2D eigenvalue weighted by Crippen LogP contribution is 2.13. The van der Waals surface area contributed by atoms with Crippen LogP contribution in [0.1, 0.15) is 38.5 Å². The van der Waals surface area contributed by atoms with E-state index in [9.17, 15) is 4.79 Å². The van der Waals surface area contributed by atoms with E-state index in [1.165, 1.54) is 6.42 Å². The van der Waals surface area contributed by atoms with Gasteiger partial charge in [-0.15, -0.1) is 0 Å². The maximum Gasteiger partial charge on any atom is 0.222 e. The molecular formula is C12H24N2O2. The fourth-order valence-electron chi connectivity index (χ4n) is 1.97. The molecule has 4 heteroatoms. The van der Waals surface area contributed by atoms with Gasteiger partial charge < -0.3 is 15.4 Å². The molecule has 0 saturated carbocycles. The highest BCUT2D eigenvalue weighted by atomic mass is 16.5. The van der Waals surface area contributed by atoms with Crippen LogP contribution in [0.5, 0.6) is 0 Å². The number of hydrogen-bond donors (Lipinski definition) is 1. The highest BCUT2D eigenvalue weighted by Gasteiger charge is 2.18. The number of carbonyl (C=O) groups excluding carboxylic acids is 1. The normalized spacial score (nSPS) is 20.8. The maximum absolute atomic E-state index is 11.7. The zero-order valence-electron chi connectivity index (χ0n) is 10.3. The lowest BCUT2D eigenvalue weighted by atomic mass is 10.1. The second kappa shape index (κ2) is 7.63. The Bertz CT molecular complexity index is 203. The molecule has 1 rings (SSSR count). The fraction of sp³-hybridized carbons (Fsp3) is 0.917. The summed E-state index contributed by atoms with van der Waals surface area (Å²) in [5.74, 6) is 0.211. The van der Waals surface area contributed by atoms with Gasteiger partial charge >= 0.3 is 0 Å². The van der Waals surface area contributed by atoms with Crippen LogP contribution in [-0.2, 0) is 9.53 Å². The monoisotopic (exact) mass is 228 g/mol. The van der Waals surface area contributed by atoms with Crippen LogP contribution in [0, 0.1) is 0 Å². The van der Waals surface area contributed by atoms with Gasteiger partial charge in [-0.05, 0) is 38.6 Å². The Hall–Kier alpha value is -0.610. The van der Waals surface area contributed by atoms with Crippen LogP contribution in [0.25, 0.3) is 0 Å². The zero-order valence-corrected chi connectivity index (χ0v) is 10.3. The van der Waals surface area contributed by atoms with E-state index >= 15 is 0 Å². The third-order valence-corrected chi connectivity index (χ3v) is 3.02. The van der Waals surface area contributed by atoms with Gasteiger partial charge in [-0.1, -0.05) is 0 Å². The van der Waals surface area contributed by atoms with Crippen LogP contribution in [0.2, 0.25) is 0 Å². The molecule has 0 aromatic rings. The molecule has 0 aliphatic carbocycles. The van der Waals surface area contributed by atoms with Crippen LogP contribution in [-0.4, -0.2) is 43.7 Å². The predicted octanol–water partition coefficient (Wildman–Crippen LogP) is 1.14. The van der Waals surface area contributed by atoms with Gasteiger partial charge in [-0.2, -0.15) is 0 Å². The second-order valence-corrected chi connectivity index (χ2v) is 4.51. The number of rotatable bonds is 6. The smallest absolute Gasteiger partial charge is 0.222 e. The van der Waals surface area contributed by atoms with E-state index in [0.717, 1.165) is 38.8 Å². The molecule has 0 aromatic heterocycles. The topological polar surface area (TPSA) is 55.6 Å². The third kappa shape index (κ3) is 4.94. The van der Waals surface area contributed by atoms with Gasteiger partial charge in [0.05, 0.1) is 6.10 Å². The quantitative estimate of drug-likeness (QED) is 0.694. The van der Waals surface area contributed by atoms with Crippen molar-refractivity contribution in [2.75, 3.05) is 26.7 Å². The summed E-state index contributed by atoms with van der Waals surface area (Å²) in [7, 11) is 1.86. The number of carbonyl (C=O) groups is 1. The van der Waals surface area contributed by atoms with E-state index in [-0.39, 0.29) is 12.0 Å². The third-order valence-electron chi connectivity index (χ3n) is 3.02. The Morgan fingerprint density at radius 3 is 2.88 bits per heavy atom. The van der Waals surface area contributed by atoms with Crippen molar-refractivity contribution in [3.05, 3.63) is 0 Å². The van der Waals surface area contributed by atoms with E-state index in [0.29, 0.717) is 13.0 Å². The summed E-state index contributed by atoms with van der Waals surface area (Å²) in [5, 5.41) is 0. The molecular weight excluding hydrogens is 204 g/mol. The summed E-state index contributed by atoms with van der Waals surface area (Å²) in [4.78, 5) is 13.5. The molecule has 1 atom stereocenters. The largest absolute Gasteiger partial charge is 0.376 e. The minimum Gasteiger partial charge on any atom is -0.376 e. The molecule has 1 aliphatic heterocycles. The molecule has 1 unspecified atom stereocenters. The van der Waals surface area contributed by atoms with Crippen LogP contribution in [0.15, 0.2) is 0 Å². The highest BCUT2D eigenvalue weighted by molar-refractivity contribution is 5.75. The molecule has 94 valence electrons. The summed E-state index contributed by atoms with van der Waals surface area (Å²) in [6, 6.07) is 0. The lowest BCUT2D eigenvalue weighted by Crippen LogP contribution is -2.37. The van der Waals surface area contributed by atoms with E-state index in [1.54, 1.807) is 4.90 Å². The number of nitrogens with zero attached hydrogens (tertiary/aromatic N) is 1. The molecule has 2 N–H and O–H groups in total. The van der Waals surface area contributed by atoms with Gasteiger partial charge in [0, 0.05) is 26.6 Å². The van der Waals surface area contributed by atoms with Gasteiger partial charge in [-0.25, -0.2) is 0 Å². The van der Waals surface area contributed by atoms with Crippen molar-refractivity contribution in [2.45, 2.75) is 44.6 Å². The van der Waals surface area contributed by atoms with Crippen molar-refractivity contribution >= 4 is 5.91 Å². The molecule has 16 heavy (non-hydrogen) atoms. The van der Waals surface area contributed by atoms with Crippen molar-refractivity contribution in [1.29, 1.82) is 0 Å². The van der Waals surface area contributed by atoms with Crippen molar-refractivity contribution in [3.8, 4) is 0 Å². The Morgan fingerprint density at radius 2 is 2.25 bits per heavy atom. The lowest BCUT2D eigenvalue weighted by Gasteiger charge is -2.27. The first-order valence-corrected chi connectivity index (χ1v) is 6.29. The Kier molecular flexibility index (Phi) is 6.42. The minimum absolute atomic E-state index is 0.211. The van der Waals surface area contributed by atoms with E-state index in [1.807, 2.05) is 7.05 Å². The summed E-state index contributed by atoms with van der Waals surface area (Å²) in [5.41, 5.74) is 5.40. The van der Waals surface area contributed by atoms with Gasteiger partial charge in [0.25, 0.3) is 0 Å². The molecule has 1 fully saturated rings. The van der Waals surface area contributed by atoms with E-state index < -0.39 is 0 Å². The summed E-state index contributed by atoms with van der Waals surface area (Å²) < 4.78 is 5.61.